The van der Waals surface area contributed by atoms with Gasteiger partial charge in [0, 0.05) is 34.5 Å². The van der Waals surface area contributed by atoms with Gasteiger partial charge in [-0.15, -0.1) is 11.8 Å². The Morgan fingerprint density at radius 2 is 1.65 bits per heavy atom. The van der Waals surface area contributed by atoms with Gasteiger partial charge in [0.15, 0.2) is 11.5 Å². The molecule has 1 fully saturated rings. The largest absolute Gasteiger partial charge is 0.496 e. The predicted molar refractivity (Wildman–Crippen MR) is 104 cm³/mol. The van der Waals surface area contributed by atoms with Crippen LogP contribution < -0.4 is 14.2 Å². The smallest absolute Gasteiger partial charge is 0.255 e. The van der Waals surface area contributed by atoms with Crippen LogP contribution in [-0.2, 0) is 0 Å². The molecule has 1 saturated heterocycles. The lowest BCUT2D eigenvalue weighted by Gasteiger charge is -2.26. The van der Waals surface area contributed by atoms with Crippen LogP contribution in [0, 0.1) is 0 Å². The van der Waals surface area contributed by atoms with Crippen molar-refractivity contribution < 1.29 is 19.0 Å². The van der Waals surface area contributed by atoms with Crippen LogP contribution in [0.5, 0.6) is 17.2 Å². The summed E-state index contributed by atoms with van der Waals surface area (Å²) in [5.41, 5.74) is 1.50. The maximum Gasteiger partial charge on any atom is 0.255 e. The number of thioether (sulfide) groups is 1. The molecule has 5 nitrogen and oxygen atoms in total. The fourth-order valence-electron chi connectivity index (χ4n) is 2.94. The van der Waals surface area contributed by atoms with Gasteiger partial charge in [0.1, 0.15) is 11.1 Å². The molecular formula is C19H20ClNO4S. The van der Waals surface area contributed by atoms with Gasteiger partial charge in [-0.05, 0) is 30.3 Å². The van der Waals surface area contributed by atoms with Crippen LogP contribution in [0.3, 0.4) is 0 Å². The molecule has 1 heterocycles. The van der Waals surface area contributed by atoms with Crippen LogP contribution in [0.4, 0.5) is 0 Å². The maximum atomic E-state index is 13.0. The van der Waals surface area contributed by atoms with E-state index < -0.39 is 0 Å². The van der Waals surface area contributed by atoms with Gasteiger partial charge in [-0.2, -0.15) is 0 Å². The second-order valence-electron chi connectivity index (χ2n) is 5.68. The molecule has 1 atom stereocenters. The zero-order valence-corrected chi connectivity index (χ0v) is 16.4. The topological polar surface area (TPSA) is 48.0 Å². The normalized spacial score (nSPS) is 16.5. The lowest BCUT2D eigenvalue weighted by atomic mass is 10.1. The number of hydrogen-bond donors (Lipinski definition) is 0. The number of amides is 1. The first-order chi connectivity index (χ1) is 12.6. The number of methoxy groups -OCH3 is 3. The number of nitrogens with zero attached hydrogens (tertiary/aromatic N) is 1. The minimum atomic E-state index is -0.159. The Labute approximate surface area is 162 Å². The lowest BCUT2D eigenvalue weighted by molar-refractivity contribution is 0.0759. The van der Waals surface area contributed by atoms with Gasteiger partial charge < -0.3 is 19.1 Å². The van der Waals surface area contributed by atoms with Gasteiger partial charge in [0.05, 0.1) is 21.3 Å². The van der Waals surface area contributed by atoms with Crippen molar-refractivity contribution in [3.63, 3.8) is 0 Å². The average Bonchev–Trinajstić information content (AvgIpc) is 3.16. The summed E-state index contributed by atoms with van der Waals surface area (Å²) in [5, 5.41) is 0.448. The van der Waals surface area contributed by atoms with E-state index in [2.05, 4.69) is 0 Å². The quantitative estimate of drug-likeness (QED) is 0.759. The molecule has 138 valence electrons. The minimum absolute atomic E-state index is 0.0338. The summed E-state index contributed by atoms with van der Waals surface area (Å²) >= 11 is 7.63. The van der Waals surface area contributed by atoms with Crippen molar-refractivity contribution in [1.29, 1.82) is 0 Å². The first kappa shape index (κ1) is 18.7. The first-order valence-electron chi connectivity index (χ1n) is 8.07. The number of rotatable bonds is 5. The number of hydrogen-bond acceptors (Lipinski definition) is 5. The zero-order chi connectivity index (χ0) is 18.7. The van der Waals surface area contributed by atoms with E-state index in [4.69, 9.17) is 25.8 Å². The fourth-order valence-corrected chi connectivity index (χ4v) is 4.34. The molecule has 0 radical (unpaired) electrons. The molecule has 0 N–H and O–H groups in total. The molecule has 3 rings (SSSR count). The molecule has 26 heavy (non-hydrogen) atoms. The standard InChI is InChI=1S/C19H20ClNO4S/c1-23-15-11-17(25-3)16(24-2)10-14(15)19-21(8-9-26-19)18(22)12-4-6-13(20)7-5-12/h4-7,10-11,19H,8-9H2,1-3H3. The van der Waals surface area contributed by atoms with E-state index in [0.29, 0.717) is 34.4 Å². The van der Waals surface area contributed by atoms with Crippen LogP contribution in [0.1, 0.15) is 21.3 Å². The molecule has 1 unspecified atom stereocenters. The van der Waals surface area contributed by atoms with Gasteiger partial charge in [-0.3, -0.25) is 4.79 Å². The zero-order valence-electron chi connectivity index (χ0n) is 14.8. The van der Waals surface area contributed by atoms with Crippen LogP contribution in [0.25, 0.3) is 0 Å². The van der Waals surface area contributed by atoms with Crippen molar-refractivity contribution in [3.05, 3.63) is 52.5 Å². The molecule has 1 aliphatic rings. The third-order valence-electron chi connectivity index (χ3n) is 4.24. The van der Waals surface area contributed by atoms with E-state index in [9.17, 15) is 4.79 Å². The van der Waals surface area contributed by atoms with E-state index in [-0.39, 0.29) is 11.3 Å². The summed E-state index contributed by atoms with van der Waals surface area (Å²) in [6.45, 7) is 0.661. The summed E-state index contributed by atoms with van der Waals surface area (Å²) in [7, 11) is 4.78. The number of carbonyl (C=O) groups is 1. The average molecular weight is 394 g/mol. The van der Waals surface area contributed by atoms with Crippen molar-refractivity contribution in [2.45, 2.75) is 5.37 Å². The molecule has 0 aromatic heterocycles. The Balaban J connectivity index is 1.97. The highest BCUT2D eigenvalue weighted by atomic mass is 35.5. The van der Waals surface area contributed by atoms with Gasteiger partial charge in [-0.1, -0.05) is 11.6 Å². The molecule has 7 heteroatoms. The monoisotopic (exact) mass is 393 g/mol. The number of benzene rings is 2. The first-order valence-corrected chi connectivity index (χ1v) is 9.49. The highest BCUT2D eigenvalue weighted by Gasteiger charge is 2.34. The maximum absolute atomic E-state index is 13.0. The Morgan fingerprint density at radius 1 is 1.04 bits per heavy atom. The van der Waals surface area contributed by atoms with Crippen LogP contribution in [0.2, 0.25) is 5.02 Å². The van der Waals surface area contributed by atoms with Crippen molar-refractivity contribution in [1.82, 2.24) is 4.90 Å². The summed E-state index contributed by atoms with van der Waals surface area (Å²) < 4.78 is 16.3. The van der Waals surface area contributed by atoms with Gasteiger partial charge in [-0.25, -0.2) is 0 Å². The van der Waals surface area contributed by atoms with Crippen molar-refractivity contribution in [3.8, 4) is 17.2 Å². The second kappa shape index (κ2) is 8.10. The molecule has 0 bridgehead atoms. The van der Waals surface area contributed by atoms with Crippen molar-refractivity contribution in [2.24, 2.45) is 0 Å². The number of ether oxygens (including phenoxy) is 3. The summed E-state index contributed by atoms with van der Waals surface area (Å²) in [6, 6.07) is 10.6. The molecule has 0 saturated carbocycles. The third kappa shape index (κ3) is 3.57. The molecule has 0 spiro atoms. The van der Waals surface area contributed by atoms with E-state index >= 15 is 0 Å². The van der Waals surface area contributed by atoms with Crippen LogP contribution >= 0.6 is 23.4 Å². The Hall–Kier alpha value is -2.05. The second-order valence-corrected chi connectivity index (χ2v) is 7.30. The fraction of sp³-hybridized carbons (Fsp3) is 0.316. The summed E-state index contributed by atoms with van der Waals surface area (Å²) in [4.78, 5) is 14.8. The minimum Gasteiger partial charge on any atom is -0.496 e. The van der Waals surface area contributed by atoms with E-state index in [1.165, 1.54) is 0 Å². The molecule has 2 aromatic rings. The van der Waals surface area contributed by atoms with E-state index in [1.807, 2.05) is 11.0 Å². The third-order valence-corrected chi connectivity index (χ3v) is 5.74. The number of halogens is 1. The Bertz CT molecular complexity index is 797. The predicted octanol–water partition coefficient (Wildman–Crippen LogP) is 4.25. The molecule has 0 aliphatic carbocycles. The highest BCUT2D eigenvalue weighted by molar-refractivity contribution is 7.99. The molecule has 1 aliphatic heterocycles. The summed E-state index contributed by atoms with van der Waals surface area (Å²) in [5.74, 6) is 2.67. The van der Waals surface area contributed by atoms with Crippen LogP contribution in [0.15, 0.2) is 36.4 Å². The van der Waals surface area contributed by atoms with Crippen molar-refractivity contribution in [2.75, 3.05) is 33.6 Å². The lowest BCUT2D eigenvalue weighted by Crippen LogP contribution is -2.30. The van der Waals surface area contributed by atoms with Gasteiger partial charge >= 0.3 is 0 Å². The molecule has 2 aromatic carbocycles. The SMILES string of the molecule is COc1cc(OC)c(C2SCCN2C(=O)c2ccc(Cl)cc2)cc1OC. The van der Waals surface area contributed by atoms with Gasteiger partial charge in [0.2, 0.25) is 0 Å². The van der Waals surface area contributed by atoms with E-state index in [0.717, 1.165) is 11.3 Å². The molecular weight excluding hydrogens is 374 g/mol. The molecule has 1 amide bonds. The van der Waals surface area contributed by atoms with Crippen LogP contribution in [-0.4, -0.2) is 44.4 Å². The Kier molecular flexibility index (Phi) is 5.84. The van der Waals surface area contributed by atoms with E-state index in [1.54, 1.807) is 63.4 Å². The highest BCUT2D eigenvalue weighted by Crippen LogP contribution is 2.46. The van der Waals surface area contributed by atoms with Gasteiger partial charge in [0.25, 0.3) is 5.91 Å². The number of carbonyl (C=O) groups excluding carboxylic acids is 1. The Morgan fingerprint density at radius 3 is 2.27 bits per heavy atom. The summed E-state index contributed by atoms with van der Waals surface area (Å²) in [6.07, 6.45) is 0. The van der Waals surface area contributed by atoms with Crippen molar-refractivity contribution >= 4 is 29.3 Å².